The molecule has 0 aromatic carbocycles. The van der Waals surface area contributed by atoms with Crippen LogP contribution in [-0.2, 0) is 4.57 Å². The van der Waals surface area contributed by atoms with Crippen LogP contribution in [0.3, 0.4) is 0 Å². The second-order valence-corrected chi connectivity index (χ2v) is 4.39. The second kappa shape index (κ2) is 3.56. The van der Waals surface area contributed by atoms with Crippen LogP contribution in [0.15, 0.2) is 0 Å². The first-order valence-corrected chi connectivity index (χ1v) is 4.74. The summed E-state index contributed by atoms with van der Waals surface area (Å²) in [4.78, 5) is 8.36. The summed E-state index contributed by atoms with van der Waals surface area (Å²) >= 11 is 0. The zero-order valence-corrected chi connectivity index (χ0v) is 6.53. The van der Waals surface area contributed by atoms with Gasteiger partial charge in [-0.05, 0) is 13.0 Å². The molecule has 0 radical (unpaired) electrons. The Labute approximate surface area is 61.8 Å². The van der Waals surface area contributed by atoms with E-state index in [9.17, 15) is 17.7 Å². The minimum atomic E-state index is -5.00. The molecule has 3 N–H and O–H groups in total. The standard InChI is InChI=1S/C4H9F3NO2P/c5-4(6,7)11(9,10)3-1-2-8/h1-3,8H2,(H,9,10). The van der Waals surface area contributed by atoms with Crippen LogP contribution in [0.2, 0.25) is 0 Å². The summed E-state index contributed by atoms with van der Waals surface area (Å²) < 4.78 is 45.2. The predicted octanol–water partition coefficient (Wildman–Crippen LogP) is 1.13. The fourth-order valence-corrected chi connectivity index (χ4v) is 1.30. The van der Waals surface area contributed by atoms with Gasteiger partial charge in [-0.1, -0.05) is 0 Å². The van der Waals surface area contributed by atoms with Gasteiger partial charge in [0.25, 0.3) is 0 Å². The monoisotopic (exact) mass is 191 g/mol. The number of hydrogen-bond acceptors (Lipinski definition) is 2. The fraction of sp³-hybridized carbons (Fsp3) is 1.00. The van der Waals surface area contributed by atoms with Gasteiger partial charge in [-0.3, -0.25) is 4.57 Å². The first-order valence-electron chi connectivity index (χ1n) is 2.90. The minimum absolute atomic E-state index is 0.0133. The van der Waals surface area contributed by atoms with Gasteiger partial charge in [0.2, 0.25) is 0 Å². The lowest BCUT2D eigenvalue weighted by atomic mass is 10.5. The van der Waals surface area contributed by atoms with Crippen LogP contribution in [0.5, 0.6) is 0 Å². The van der Waals surface area contributed by atoms with Crippen LogP contribution in [-0.4, -0.2) is 23.5 Å². The van der Waals surface area contributed by atoms with Gasteiger partial charge < -0.3 is 10.6 Å². The summed E-state index contributed by atoms with van der Waals surface area (Å²) in [6.45, 7) is -0.0133. The summed E-state index contributed by atoms with van der Waals surface area (Å²) in [6.07, 6.45) is -0.875. The lowest BCUT2D eigenvalue weighted by molar-refractivity contribution is -0.0552. The maximum absolute atomic E-state index is 11.6. The summed E-state index contributed by atoms with van der Waals surface area (Å²) in [5.41, 5.74) is 4.88. The Morgan fingerprint density at radius 2 is 1.91 bits per heavy atom. The highest BCUT2D eigenvalue weighted by atomic mass is 31.2. The topological polar surface area (TPSA) is 63.3 Å². The summed E-state index contributed by atoms with van der Waals surface area (Å²) in [6, 6.07) is 0. The first kappa shape index (κ1) is 10.9. The van der Waals surface area contributed by atoms with Crippen molar-refractivity contribution in [2.75, 3.05) is 12.7 Å². The third-order valence-corrected chi connectivity index (χ3v) is 2.78. The highest BCUT2D eigenvalue weighted by Gasteiger charge is 2.49. The van der Waals surface area contributed by atoms with Gasteiger partial charge >= 0.3 is 13.3 Å². The number of alkyl halides is 3. The van der Waals surface area contributed by atoms with Gasteiger partial charge in [-0.15, -0.1) is 0 Å². The Bertz CT molecular complexity index is 169. The van der Waals surface area contributed by atoms with E-state index >= 15 is 0 Å². The Balaban J connectivity index is 4.12. The molecular formula is C4H9F3NO2P. The minimum Gasteiger partial charge on any atom is -0.338 e. The molecule has 0 aliphatic carbocycles. The third-order valence-electron chi connectivity index (χ3n) is 1.06. The molecular weight excluding hydrogens is 182 g/mol. The molecule has 0 aliphatic rings. The molecule has 3 nitrogen and oxygen atoms in total. The Morgan fingerprint density at radius 1 is 1.45 bits per heavy atom. The molecule has 0 rings (SSSR count). The quantitative estimate of drug-likeness (QED) is 0.657. The molecule has 1 unspecified atom stereocenters. The van der Waals surface area contributed by atoms with E-state index in [1.807, 2.05) is 0 Å². The molecule has 0 aromatic heterocycles. The summed E-state index contributed by atoms with van der Waals surface area (Å²) in [7, 11) is -4.97. The van der Waals surface area contributed by atoms with Crippen LogP contribution >= 0.6 is 7.37 Å². The molecule has 0 fully saturated rings. The molecule has 11 heavy (non-hydrogen) atoms. The molecule has 0 heterocycles. The Kier molecular flexibility index (Phi) is 3.54. The molecule has 0 aliphatic heterocycles. The molecule has 0 bridgehead atoms. The van der Waals surface area contributed by atoms with Crippen molar-refractivity contribution in [2.45, 2.75) is 12.3 Å². The van der Waals surface area contributed by atoms with Crippen LogP contribution in [0.4, 0.5) is 13.2 Å². The van der Waals surface area contributed by atoms with Crippen molar-refractivity contribution >= 4 is 7.37 Å². The van der Waals surface area contributed by atoms with Crippen LogP contribution in [0.1, 0.15) is 6.42 Å². The smallest absolute Gasteiger partial charge is 0.338 e. The van der Waals surface area contributed by atoms with Gasteiger partial charge in [0.05, 0.1) is 0 Å². The highest BCUT2D eigenvalue weighted by Crippen LogP contribution is 2.57. The first-order chi connectivity index (χ1) is 4.81. The van der Waals surface area contributed by atoms with E-state index in [4.69, 9.17) is 10.6 Å². The number of rotatable bonds is 3. The van der Waals surface area contributed by atoms with Gasteiger partial charge in [-0.2, -0.15) is 13.2 Å². The van der Waals surface area contributed by atoms with Crippen molar-refractivity contribution in [1.29, 1.82) is 0 Å². The van der Waals surface area contributed by atoms with Crippen molar-refractivity contribution in [1.82, 2.24) is 0 Å². The van der Waals surface area contributed by atoms with Gasteiger partial charge in [-0.25, -0.2) is 0 Å². The zero-order chi connectivity index (χ0) is 9.12. The summed E-state index contributed by atoms with van der Waals surface area (Å²) in [5, 5.41) is 0. The lowest BCUT2D eigenvalue weighted by Gasteiger charge is -2.13. The van der Waals surface area contributed by atoms with Crippen LogP contribution in [0.25, 0.3) is 0 Å². The van der Waals surface area contributed by atoms with Gasteiger partial charge in [0, 0.05) is 6.16 Å². The number of halogens is 3. The van der Waals surface area contributed by atoms with E-state index in [2.05, 4.69) is 0 Å². The van der Waals surface area contributed by atoms with E-state index in [-0.39, 0.29) is 13.0 Å². The molecule has 0 aromatic rings. The van der Waals surface area contributed by atoms with Crippen molar-refractivity contribution < 1.29 is 22.6 Å². The normalized spacial score (nSPS) is 17.9. The van der Waals surface area contributed by atoms with E-state index < -0.39 is 19.4 Å². The second-order valence-electron chi connectivity index (χ2n) is 2.04. The van der Waals surface area contributed by atoms with Gasteiger partial charge in [0.15, 0.2) is 0 Å². The molecule has 0 saturated carbocycles. The highest BCUT2D eigenvalue weighted by molar-refractivity contribution is 7.59. The SMILES string of the molecule is NCCCP(=O)(O)C(F)(F)F. The van der Waals surface area contributed by atoms with Crippen LogP contribution in [0, 0.1) is 0 Å². The van der Waals surface area contributed by atoms with Crippen molar-refractivity contribution in [2.24, 2.45) is 5.73 Å². The molecule has 1 atom stereocenters. The average Bonchev–Trinajstić information content (AvgIpc) is 1.81. The summed E-state index contributed by atoms with van der Waals surface area (Å²) in [5.74, 6) is -5.00. The average molecular weight is 191 g/mol. The lowest BCUT2D eigenvalue weighted by Crippen LogP contribution is -2.13. The van der Waals surface area contributed by atoms with E-state index in [1.165, 1.54) is 0 Å². The van der Waals surface area contributed by atoms with E-state index in [1.54, 1.807) is 0 Å². The van der Waals surface area contributed by atoms with Crippen molar-refractivity contribution in [3.8, 4) is 0 Å². The molecule has 0 spiro atoms. The number of nitrogens with two attached hydrogens (primary N) is 1. The predicted molar refractivity (Wildman–Crippen MR) is 34.4 cm³/mol. The van der Waals surface area contributed by atoms with E-state index in [0.717, 1.165) is 0 Å². The van der Waals surface area contributed by atoms with Crippen molar-refractivity contribution in [3.05, 3.63) is 0 Å². The third kappa shape index (κ3) is 3.22. The van der Waals surface area contributed by atoms with Gasteiger partial charge in [0.1, 0.15) is 0 Å². The zero-order valence-electron chi connectivity index (χ0n) is 5.64. The van der Waals surface area contributed by atoms with Crippen LogP contribution < -0.4 is 5.73 Å². The fourth-order valence-electron chi connectivity index (χ4n) is 0.432. The molecule has 7 heteroatoms. The maximum Gasteiger partial charge on any atom is 0.465 e. The largest absolute Gasteiger partial charge is 0.465 e. The molecule has 0 saturated heterocycles. The van der Waals surface area contributed by atoms with Crippen molar-refractivity contribution in [3.63, 3.8) is 0 Å². The molecule has 68 valence electrons. The van der Waals surface area contributed by atoms with E-state index in [0.29, 0.717) is 0 Å². The maximum atomic E-state index is 11.6. The Hall–Kier alpha value is -0.0600. The number of hydrogen-bond donors (Lipinski definition) is 2. The molecule has 0 amide bonds. The Morgan fingerprint density at radius 3 is 2.18 bits per heavy atom.